The lowest BCUT2D eigenvalue weighted by molar-refractivity contribution is 0.196. The minimum Gasteiger partial charge on any atom is -0.481 e. The lowest BCUT2D eigenvalue weighted by Crippen LogP contribution is -2.46. The van der Waals surface area contributed by atoms with Gasteiger partial charge < -0.3 is 9.64 Å². The highest BCUT2D eigenvalue weighted by molar-refractivity contribution is 9.10. The van der Waals surface area contributed by atoms with Crippen LogP contribution in [0.25, 0.3) is 0 Å². The number of aromatic nitrogens is 2. The topological polar surface area (TPSA) is 41.5 Å². The second-order valence-corrected chi connectivity index (χ2v) is 7.21. The molecule has 5 nitrogen and oxygen atoms in total. The molecule has 0 amide bonds. The number of halogens is 2. The van der Waals surface area contributed by atoms with Crippen LogP contribution >= 0.6 is 15.9 Å². The van der Waals surface area contributed by atoms with E-state index in [9.17, 15) is 4.39 Å². The second kappa shape index (κ2) is 8.10. The van der Waals surface area contributed by atoms with E-state index in [1.807, 2.05) is 25.2 Å². The summed E-state index contributed by atoms with van der Waals surface area (Å²) in [4.78, 5) is 12.9. The van der Waals surface area contributed by atoms with Crippen LogP contribution in [0.2, 0.25) is 0 Å². The summed E-state index contributed by atoms with van der Waals surface area (Å²) in [6.07, 6.45) is 3.68. The van der Waals surface area contributed by atoms with Crippen molar-refractivity contribution in [1.29, 1.82) is 0 Å². The monoisotopic (exact) mass is 408 g/mol. The minimum absolute atomic E-state index is 0.162. The van der Waals surface area contributed by atoms with Crippen molar-refractivity contribution in [3.8, 4) is 5.88 Å². The third-order valence-electron chi connectivity index (χ3n) is 4.64. The summed E-state index contributed by atoms with van der Waals surface area (Å²) in [6, 6.07) is 7.43. The average Bonchev–Trinajstić information content (AvgIpc) is 2.64. The molecule has 2 aromatic rings. The van der Waals surface area contributed by atoms with E-state index in [1.54, 1.807) is 7.11 Å². The number of benzene rings is 1. The van der Waals surface area contributed by atoms with Gasteiger partial charge in [0.2, 0.25) is 5.88 Å². The zero-order chi connectivity index (χ0) is 17.8. The average molecular weight is 409 g/mol. The first-order valence-corrected chi connectivity index (χ1v) is 9.11. The highest BCUT2D eigenvalue weighted by atomic mass is 79.9. The van der Waals surface area contributed by atoms with Gasteiger partial charge in [0.15, 0.2) is 0 Å². The molecule has 0 N–H and O–H groups in total. The Kier molecular flexibility index (Phi) is 5.86. The van der Waals surface area contributed by atoms with Gasteiger partial charge in [-0.15, -0.1) is 0 Å². The van der Waals surface area contributed by atoms with Crippen LogP contribution in [0.3, 0.4) is 0 Å². The molecule has 25 heavy (non-hydrogen) atoms. The third-order valence-corrected chi connectivity index (χ3v) is 5.13. The van der Waals surface area contributed by atoms with E-state index >= 15 is 0 Å². The Morgan fingerprint density at radius 2 is 2.20 bits per heavy atom. The number of piperidine rings is 1. The number of likely N-dealkylation sites (tertiary alicyclic amines) is 1. The van der Waals surface area contributed by atoms with Crippen molar-refractivity contribution in [3.63, 3.8) is 0 Å². The van der Waals surface area contributed by atoms with Crippen molar-refractivity contribution >= 4 is 21.7 Å². The summed E-state index contributed by atoms with van der Waals surface area (Å²) in [5.74, 6) is 1.24. The summed E-state index contributed by atoms with van der Waals surface area (Å²) in [6.45, 7) is 2.47. The molecule has 0 bridgehead atoms. The van der Waals surface area contributed by atoms with Gasteiger partial charge in [-0.25, -0.2) is 14.4 Å². The molecule has 1 aromatic heterocycles. The lowest BCUT2D eigenvalue weighted by atomic mass is 10.0. The molecule has 1 saturated heterocycles. The van der Waals surface area contributed by atoms with Gasteiger partial charge >= 0.3 is 0 Å². The molecule has 0 saturated carbocycles. The standard InChI is InChI=1S/C18H22BrFN4O/c1-23(17-9-18(25-2)22-12-21-17)15-4-3-7-24(11-15)10-13-5-6-14(19)8-16(13)20/h5-6,8-9,12,15H,3-4,7,10-11H2,1-2H3. The van der Waals surface area contributed by atoms with E-state index in [-0.39, 0.29) is 5.82 Å². The number of likely N-dealkylation sites (N-methyl/N-ethyl adjacent to an activating group) is 1. The smallest absolute Gasteiger partial charge is 0.218 e. The Balaban J connectivity index is 1.67. The van der Waals surface area contributed by atoms with Gasteiger partial charge in [0.05, 0.1) is 7.11 Å². The lowest BCUT2D eigenvalue weighted by Gasteiger charge is -2.38. The van der Waals surface area contributed by atoms with Gasteiger partial charge in [-0.05, 0) is 31.5 Å². The summed E-state index contributed by atoms with van der Waals surface area (Å²) < 4.78 is 20.1. The molecule has 2 heterocycles. The van der Waals surface area contributed by atoms with Crippen molar-refractivity contribution < 1.29 is 9.13 Å². The number of hydrogen-bond acceptors (Lipinski definition) is 5. The summed E-state index contributed by atoms with van der Waals surface area (Å²) in [7, 11) is 3.64. The summed E-state index contributed by atoms with van der Waals surface area (Å²) >= 11 is 3.31. The van der Waals surface area contributed by atoms with E-state index in [1.165, 1.54) is 12.4 Å². The van der Waals surface area contributed by atoms with Crippen molar-refractivity contribution in [2.24, 2.45) is 0 Å². The molecule has 1 fully saturated rings. The second-order valence-electron chi connectivity index (χ2n) is 6.30. The molecular formula is C18H22BrFN4O. The largest absolute Gasteiger partial charge is 0.481 e. The van der Waals surface area contributed by atoms with Crippen molar-refractivity contribution in [2.45, 2.75) is 25.4 Å². The predicted octanol–water partition coefficient (Wildman–Crippen LogP) is 3.49. The maximum atomic E-state index is 14.1. The molecule has 0 radical (unpaired) electrons. The maximum absolute atomic E-state index is 14.1. The molecule has 1 unspecified atom stereocenters. The van der Waals surface area contributed by atoms with Gasteiger partial charge in [-0.1, -0.05) is 22.0 Å². The predicted molar refractivity (Wildman–Crippen MR) is 99.4 cm³/mol. The van der Waals surface area contributed by atoms with Crippen molar-refractivity contribution in [1.82, 2.24) is 14.9 Å². The highest BCUT2D eigenvalue weighted by Gasteiger charge is 2.25. The maximum Gasteiger partial charge on any atom is 0.218 e. The Hall–Kier alpha value is -1.73. The molecular weight excluding hydrogens is 387 g/mol. The molecule has 1 aromatic carbocycles. The molecule has 0 spiro atoms. The van der Waals surface area contributed by atoms with Crippen molar-refractivity contribution in [2.75, 3.05) is 32.1 Å². The fraction of sp³-hybridized carbons (Fsp3) is 0.444. The molecule has 0 aliphatic carbocycles. The number of methoxy groups -OCH3 is 1. The van der Waals surface area contributed by atoms with Crippen LogP contribution in [-0.2, 0) is 6.54 Å². The zero-order valence-corrected chi connectivity index (χ0v) is 16.0. The molecule has 1 aliphatic heterocycles. The fourth-order valence-corrected chi connectivity index (χ4v) is 3.54. The third kappa shape index (κ3) is 4.46. The number of nitrogens with zero attached hydrogens (tertiary/aromatic N) is 4. The van der Waals surface area contributed by atoms with Crippen LogP contribution in [0.15, 0.2) is 35.1 Å². The van der Waals surface area contributed by atoms with Crippen LogP contribution in [0.4, 0.5) is 10.2 Å². The van der Waals surface area contributed by atoms with Gasteiger partial charge in [-0.2, -0.15) is 0 Å². The van der Waals surface area contributed by atoms with Gasteiger partial charge in [-0.3, -0.25) is 4.90 Å². The van der Waals surface area contributed by atoms with Crippen molar-refractivity contribution in [3.05, 3.63) is 46.4 Å². The number of hydrogen-bond donors (Lipinski definition) is 0. The SMILES string of the molecule is COc1cc(N(C)C2CCCN(Cc3ccc(Br)cc3F)C2)ncn1. The molecule has 1 aliphatic rings. The summed E-state index contributed by atoms with van der Waals surface area (Å²) in [5, 5.41) is 0. The summed E-state index contributed by atoms with van der Waals surface area (Å²) in [5.41, 5.74) is 0.732. The first kappa shape index (κ1) is 18.1. The first-order chi connectivity index (χ1) is 12.1. The Morgan fingerprint density at radius 3 is 2.96 bits per heavy atom. The number of rotatable bonds is 5. The van der Waals surface area contributed by atoms with Crippen LogP contribution in [0.1, 0.15) is 18.4 Å². The van der Waals surface area contributed by atoms with Crippen LogP contribution < -0.4 is 9.64 Å². The Labute approximate surface area is 156 Å². The van der Waals surface area contributed by atoms with Crippen LogP contribution in [-0.4, -0.2) is 48.2 Å². The van der Waals surface area contributed by atoms with Gasteiger partial charge in [0.1, 0.15) is 18.0 Å². The van der Waals surface area contributed by atoms with Gasteiger partial charge in [0.25, 0.3) is 0 Å². The van der Waals surface area contributed by atoms with E-state index < -0.39 is 0 Å². The van der Waals surface area contributed by atoms with E-state index in [2.05, 4.69) is 35.7 Å². The Bertz CT molecular complexity index is 730. The van der Waals surface area contributed by atoms with E-state index in [0.29, 0.717) is 18.5 Å². The fourth-order valence-electron chi connectivity index (χ4n) is 3.20. The molecule has 7 heteroatoms. The van der Waals surface area contributed by atoms with Crippen LogP contribution in [0.5, 0.6) is 5.88 Å². The van der Waals surface area contributed by atoms with Gasteiger partial charge in [0, 0.05) is 42.3 Å². The molecule has 134 valence electrons. The minimum atomic E-state index is -0.162. The molecule has 3 rings (SSSR count). The normalized spacial score (nSPS) is 18.2. The first-order valence-electron chi connectivity index (χ1n) is 8.32. The van der Waals surface area contributed by atoms with E-state index in [4.69, 9.17) is 4.74 Å². The Morgan fingerprint density at radius 1 is 1.36 bits per heavy atom. The quantitative estimate of drug-likeness (QED) is 0.757. The zero-order valence-electron chi connectivity index (χ0n) is 14.5. The highest BCUT2D eigenvalue weighted by Crippen LogP contribution is 2.24. The number of anilines is 1. The molecule has 1 atom stereocenters. The van der Waals surface area contributed by atoms with Crippen LogP contribution in [0, 0.1) is 5.82 Å². The van der Waals surface area contributed by atoms with E-state index in [0.717, 1.165) is 41.8 Å². The number of ether oxygens (including phenoxy) is 1.